The minimum absolute atomic E-state index is 0.933. The molecule has 0 aliphatic heterocycles. The van der Waals surface area contributed by atoms with E-state index in [0.717, 1.165) is 18.6 Å². The first-order valence-electron chi connectivity index (χ1n) is 7.22. The summed E-state index contributed by atoms with van der Waals surface area (Å²) in [6, 6.07) is 6.47. The molecule has 0 radical (unpaired) electrons. The highest BCUT2D eigenvalue weighted by atomic mass is 15.1. The highest BCUT2D eigenvalue weighted by molar-refractivity contribution is 5.78. The molecule has 0 unspecified atom stereocenters. The van der Waals surface area contributed by atoms with Crippen LogP contribution in [0.25, 0.3) is 10.9 Å². The van der Waals surface area contributed by atoms with Gasteiger partial charge in [-0.1, -0.05) is 23.8 Å². The second-order valence-corrected chi connectivity index (χ2v) is 5.33. The van der Waals surface area contributed by atoms with Gasteiger partial charge in [-0.15, -0.1) is 0 Å². The van der Waals surface area contributed by atoms with Gasteiger partial charge in [-0.2, -0.15) is 5.10 Å². The van der Waals surface area contributed by atoms with Gasteiger partial charge in [0.05, 0.1) is 11.7 Å². The lowest BCUT2D eigenvalue weighted by atomic mass is 9.97. The Hall–Kier alpha value is -1.61. The van der Waals surface area contributed by atoms with Crippen LogP contribution >= 0.6 is 0 Å². The number of hydrogen-bond acceptors (Lipinski definition) is 2. The summed E-state index contributed by atoms with van der Waals surface area (Å²) in [5.41, 5.74) is 4.08. The lowest BCUT2D eigenvalue weighted by Crippen LogP contribution is -2.15. The van der Waals surface area contributed by atoms with Crippen molar-refractivity contribution in [2.45, 2.75) is 38.6 Å². The van der Waals surface area contributed by atoms with Gasteiger partial charge in [0.1, 0.15) is 0 Å². The minimum Gasteiger partial charge on any atom is -0.312 e. The fraction of sp³-hybridized carbons (Fsp3) is 0.438. The van der Waals surface area contributed by atoms with Gasteiger partial charge in [0.25, 0.3) is 0 Å². The molecule has 0 spiro atoms. The maximum absolute atomic E-state index is 4.05. The van der Waals surface area contributed by atoms with E-state index in [2.05, 4.69) is 39.8 Å². The lowest BCUT2D eigenvalue weighted by Gasteiger charge is -2.12. The van der Waals surface area contributed by atoms with E-state index in [1.165, 1.54) is 43.1 Å². The Morgan fingerprint density at radius 3 is 3.16 bits per heavy atom. The second kappa shape index (κ2) is 6.02. The van der Waals surface area contributed by atoms with Crippen molar-refractivity contribution in [1.29, 1.82) is 0 Å². The molecule has 1 aliphatic rings. The van der Waals surface area contributed by atoms with Gasteiger partial charge < -0.3 is 5.32 Å². The number of benzene rings is 1. The average Bonchev–Trinajstić information content (AvgIpc) is 2.92. The van der Waals surface area contributed by atoms with Crippen molar-refractivity contribution in [3.05, 3.63) is 41.6 Å². The van der Waals surface area contributed by atoms with Crippen molar-refractivity contribution in [3.63, 3.8) is 0 Å². The first-order valence-corrected chi connectivity index (χ1v) is 7.22. The second-order valence-electron chi connectivity index (χ2n) is 5.33. The van der Waals surface area contributed by atoms with Gasteiger partial charge in [-0.3, -0.25) is 5.10 Å². The maximum atomic E-state index is 4.05. The van der Waals surface area contributed by atoms with Crippen LogP contribution in [0.4, 0.5) is 0 Å². The van der Waals surface area contributed by atoms with Crippen molar-refractivity contribution in [2.24, 2.45) is 0 Å². The van der Waals surface area contributed by atoms with Crippen LogP contribution in [-0.2, 0) is 6.54 Å². The SMILES string of the molecule is C1=C(CCNCc2ccc3cn[nH]c3c2)CCCC1. The van der Waals surface area contributed by atoms with E-state index in [0.29, 0.717) is 0 Å². The Bertz CT molecular complexity index is 568. The number of rotatable bonds is 5. The molecule has 3 heteroatoms. The summed E-state index contributed by atoms with van der Waals surface area (Å²) < 4.78 is 0. The molecule has 0 amide bonds. The highest BCUT2D eigenvalue weighted by Gasteiger charge is 2.03. The summed E-state index contributed by atoms with van der Waals surface area (Å²) in [5, 5.41) is 11.8. The zero-order valence-corrected chi connectivity index (χ0v) is 11.3. The zero-order valence-electron chi connectivity index (χ0n) is 11.3. The zero-order chi connectivity index (χ0) is 12.9. The minimum atomic E-state index is 0.933. The summed E-state index contributed by atoms with van der Waals surface area (Å²) in [6.07, 6.45) is 10.8. The van der Waals surface area contributed by atoms with Crippen LogP contribution in [0.15, 0.2) is 36.0 Å². The van der Waals surface area contributed by atoms with Crippen LogP contribution in [0.5, 0.6) is 0 Å². The highest BCUT2D eigenvalue weighted by Crippen LogP contribution is 2.19. The number of hydrogen-bond donors (Lipinski definition) is 2. The summed E-state index contributed by atoms with van der Waals surface area (Å²) >= 11 is 0. The van der Waals surface area contributed by atoms with Gasteiger partial charge in [-0.05, 0) is 50.3 Å². The van der Waals surface area contributed by atoms with E-state index >= 15 is 0 Å². The van der Waals surface area contributed by atoms with Gasteiger partial charge in [0, 0.05) is 11.9 Å². The summed E-state index contributed by atoms with van der Waals surface area (Å²) in [4.78, 5) is 0. The van der Waals surface area contributed by atoms with E-state index in [-0.39, 0.29) is 0 Å². The molecule has 0 saturated carbocycles. The summed E-state index contributed by atoms with van der Waals surface area (Å²) in [7, 11) is 0. The molecule has 2 N–H and O–H groups in total. The number of aromatic amines is 1. The van der Waals surface area contributed by atoms with Crippen LogP contribution < -0.4 is 5.32 Å². The van der Waals surface area contributed by atoms with E-state index < -0.39 is 0 Å². The van der Waals surface area contributed by atoms with Crippen molar-refractivity contribution < 1.29 is 0 Å². The first-order chi connectivity index (χ1) is 9.42. The Morgan fingerprint density at radius 1 is 1.26 bits per heavy atom. The molecule has 1 heterocycles. The average molecular weight is 255 g/mol. The maximum Gasteiger partial charge on any atom is 0.0653 e. The molecule has 3 nitrogen and oxygen atoms in total. The topological polar surface area (TPSA) is 40.7 Å². The number of fused-ring (bicyclic) bond motifs is 1. The molecule has 1 aromatic carbocycles. The molecule has 2 aromatic rings. The van der Waals surface area contributed by atoms with Gasteiger partial charge in [0.15, 0.2) is 0 Å². The van der Waals surface area contributed by atoms with E-state index in [1.54, 1.807) is 5.57 Å². The standard InChI is InChI=1S/C16H21N3/c1-2-4-13(5-3-1)8-9-17-11-14-6-7-15-12-18-19-16(15)10-14/h4,6-7,10,12,17H,1-3,5,8-9,11H2,(H,18,19). The van der Waals surface area contributed by atoms with Gasteiger partial charge >= 0.3 is 0 Å². The molecule has 1 aliphatic carbocycles. The molecule has 19 heavy (non-hydrogen) atoms. The van der Waals surface area contributed by atoms with Crippen LogP contribution in [0.2, 0.25) is 0 Å². The van der Waals surface area contributed by atoms with Crippen LogP contribution in [0.1, 0.15) is 37.7 Å². The quantitative estimate of drug-likeness (QED) is 0.633. The third-order valence-corrected chi connectivity index (χ3v) is 3.84. The molecular weight excluding hydrogens is 234 g/mol. The predicted octanol–water partition coefficient (Wildman–Crippen LogP) is 3.54. The first kappa shape index (κ1) is 12.4. The number of H-pyrrole nitrogens is 1. The fourth-order valence-electron chi connectivity index (χ4n) is 2.71. The normalized spacial score (nSPS) is 15.7. The van der Waals surface area contributed by atoms with Crippen molar-refractivity contribution in [3.8, 4) is 0 Å². The van der Waals surface area contributed by atoms with Gasteiger partial charge in [0.2, 0.25) is 0 Å². The number of aromatic nitrogens is 2. The van der Waals surface area contributed by atoms with Crippen LogP contribution in [0.3, 0.4) is 0 Å². The summed E-state index contributed by atoms with van der Waals surface area (Å²) in [6.45, 7) is 2.01. The summed E-state index contributed by atoms with van der Waals surface area (Å²) in [5.74, 6) is 0. The van der Waals surface area contributed by atoms with Crippen molar-refractivity contribution in [1.82, 2.24) is 15.5 Å². The Labute approximate surface area is 114 Å². The monoisotopic (exact) mass is 255 g/mol. The molecule has 100 valence electrons. The molecule has 1 aromatic heterocycles. The lowest BCUT2D eigenvalue weighted by molar-refractivity contribution is 0.632. The molecule has 3 rings (SSSR count). The number of allylic oxidation sites excluding steroid dienone is 1. The molecule has 0 bridgehead atoms. The van der Waals surface area contributed by atoms with E-state index in [1.807, 2.05) is 6.20 Å². The van der Waals surface area contributed by atoms with Crippen molar-refractivity contribution in [2.75, 3.05) is 6.54 Å². The van der Waals surface area contributed by atoms with Crippen molar-refractivity contribution >= 4 is 10.9 Å². The third kappa shape index (κ3) is 3.24. The largest absolute Gasteiger partial charge is 0.312 e. The van der Waals surface area contributed by atoms with Gasteiger partial charge in [-0.25, -0.2) is 0 Å². The molecular formula is C16H21N3. The number of nitrogens with one attached hydrogen (secondary N) is 2. The third-order valence-electron chi connectivity index (χ3n) is 3.84. The molecule has 0 fully saturated rings. The Balaban J connectivity index is 1.47. The Kier molecular flexibility index (Phi) is 3.94. The number of nitrogens with zero attached hydrogens (tertiary/aromatic N) is 1. The van der Waals surface area contributed by atoms with E-state index in [4.69, 9.17) is 0 Å². The van der Waals surface area contributed by atoms with E-state index in [9.17, 15) is 0 Å². The Morgan fingerprint density at radius 2 is 2.26 bits per heavy atom. The predicted molar refractivity (Wildman–Crippen MR) is 79.0 cm³/mol. The molecule has 0 saturated heterocycles. The fourth-order valence-corrected chi connectivity index (χ4v) is 2.71. The smallest absolute Gasteiger partial charge is 0.0653 e. The van der Waals surface area contributed by atoms with Crippen LogP contribution in [-0.4, -0.2) is 16.7 Å². The van der Waals surface area contributed by atoms with Crippen LogP contribution in [0, 0.1) is 0 Å². The molecule has 0 atom stereocenters.